The van der Waals surface area contributed by atoms with Crippen molar-refractivity contribution in [2.24, 2.45) is 0 Å². The molecule has 0 amide bonds. The van der Waals surface area contributed by atoms with E-state index >= 15 is 0 Å². The van der Waals surface area contributed by atoms with Crippen molar-refractivity contribution < 1.29 is 37.9 Å². The van der Waals surface area contributed by atoms with Crippen molar-refractivity contribution in [3.05, 3.63) is 12.4 Å². The predicted molar refractivity (Wildman–Crippen MR) is 116 cm³/mol. The molecule has 0 spiro atoms. The minimum atomic E-state index is 0.578. The molecule has 0 aromatic carbocycles. The second kappa shape index (κ2) is 22.2. The Morgan fingerprint density at radius 1 is 0.452 bits per heavy atom. The summed E-state index contributed by atoms with van der Waals surface area (Å²) in [6.45, 7) is 11.0. The van der Waals surface area contributed by atoms with E-state index in [1.165, 1.54) is 0 Å². The van der Waals surface area contributed by atoms with E-state index in [9.17, 15) is 0 Å². The topological polar surface area (TPSA) is 80.3 Å². The van der Waals surface area contributed by atoms with Crippen LogP contribution in [0.5, 0.6) is 0 Å². The Labute approximate surface area is 187 Å². The molecular weight excluding hydrogens is 408 g/mol. The maximum Gasteiger partial charge on any atom is 0.0895 e. The van der Waals surface area contributed by atoms with E-state index in [0.717, 1.165) is 19.8 Å². The minimum absolute atomic E-state index is 0.578. The number of ether oxygens (including phenoxy) is 8. The van der Waals surface area contributed by atoms with Crippen LogP contribution < -0.4 is 0 Å². The summed E-state index contributed by atoms with van der Waals surface area (Å²) in [5.74, 6) is 0. The van der Waals surface area contributed by atoms with Gasteiger partial charge in [-0.05, 0) is 0 Å². The maximum atomic E-state index is 5.61. The zero-order valence-corrected chi connectivity index (χ0v) is 19.3. The molecule has 0 saturated heterocycles. The van der Waals surface area contributed by atoms with Gasteiger partial charge < -0.3 is 47.7 Å². The average Bonchev–Trinajstić information content (AvgIpc) is 3.23. The van der Waals surface area contributed by atoms with E-state index in [1.807, 2.05) is 0 Å². The number of hydrogen-bond donors (Lipinski definition) is 0. The second-order valence-electron chi connectivity index (χ2n) is 6.72. The number of rotatable bonds is 24. The van der Waals surface area contributed by atoms with Crippen molar-refractivity contribution >= 4 is 0 Å². The van der Waals surface area contributed by atoms with Gasteiger partial charge in [-0.25, -0.2) is 0 Å². The van der Waals surface area contributed by atoms with Crippen LogP contribution in [0.2, 0.25) is 0 Å². The molecular formula is C21H42N2O8. The lowest BCUT2D eigenvalue weighted by molar-refractivity contribution is -0.0000317. The molecule has 0 aromatic rings. The Morgan fingerprint density at radius 2 is 0.742 bits per heavy atom. The van der Waals surface area contributed by atoms with Gasteiger partial charge in [0.25, 0.3) is 0 Å². The Morgan fingerprint density at radius 3 is 1.06 bits per heavy atom. The lowest BCUT2D eigenvalue weighted by atomic mass is 10.6. The molecule has 0 aliphatic carbocycles. The fourth-order valence-electron chi connectivity index (χ4n) is 2.54. The lowest BCUT2D eigenvalue weighted by Gasteiger charge is -2.21. The highest BCUT2D eigenvalue weighted by atomic mass is 16.6. The van der Waals surface area contributed by atoms with Crippen LogP contribution in [0.1, 0.15) is 0 Å². The van der Waals surface area contributed by atoms with Gasteiger partial charge in [-0.2, -0.15) is 0 Å². The Balaban J connectivity index is 1.78. The summed E-state index contributed by atoms with van der Waals surface area (Å²) >= 11 is 0. The van der Waals surface area contributed by atoms with Gasteiger partial charge in [-0.15, -0.1) is 0 Å². The van der Waals surface area contributed by atoms with Crippen molar-refractivity contribution in [2.75, 3.05) is 126 Å². The highest BCUT2D eigenvalue weighted by Gasteiger charge is 2.11. The summed E-state index contributed by atoms with van der Waals surface area (Å²) in [5.41, 5.74) is 0. The minimum Gasteiger partial charge on any atom is -0.382 e. The molecule has 1 rings (SSSR count). The number of hydrogen-bond acceptors (Lipinski definition) is 10. The number of methoxy groups -OCH3 is 2. The standard InChI is InChI=1S/C21H42N2O8/c1-24-9-11-28-17-19-30-15-13-26-7-5-22-3-4-23(21-22)6-8-27-14-16-31-20-18-29-12-10-25-2/h3-4H,5-21H2,1-2H3. The molecule has 10 heteroatoms. The highest BCUT2D eigenvalue weighted by Crippen LogP contribution is 2.05. The van der Waals surface area contributed by atoms with Gasteiger partial charge in [0.15, 0.2) is 0 Å². The van der Waals surface area contributed by atoms with Gasteiger partial charge in [0, 0.05) is 39.7 Å². The fraction of sp³-hybridized carbons (Fsp3) is 0.905. The molecule has 0 N–H and O–H groups in total. The molecule has 1 aliphatic rings. The number of nitrogens with zero attached hydrogens (tertiary/aromatic N) is 2. The van der Waals surface area contributed by atoms with Crippen LogP contribution in [0.4, 0.5) is 0 Å². The molecule has 0 aromatic heterocycles. The van der Waals surface area contributed by atoms with E-state index < -0.39 is 0 Å². The summed E-state index contributed by atoms with van der Waals surface area (Å²) in [6.07, 6.45) is 4.17. The Kier molecular flexibility index (Phi) is 20.1. The summed E-state index contributed by atoms with van der Waals surface area (Å²) in [6, 6.07) is 0. The largest absolute Gasteiger partial charge is 0.382 e. The van der Waals surface area contributed by atoms with Gasteiger partial charge in [0.2, 0.25) is 0 Å². The normalized spacial score (nSPS) is 13.6. The van der Waals surface area contributed by atoms with E-state index in [2.05, 4.69) is 22.2 Å². The van der Waals surface area contributed by atoms with Crippen molar-refractivity contribution in [1.29, 1.82) is 0 Å². The quantitative estimate of drug-likeness (QED) is 0.193. The molecule has 0 bridgehead atoms. The van der Waals surface area contributed by atoms with E-state index in [0.29, 0.717) is 92.5 Å². The van der Waals surface area contributed by atoms with Crippen molar-refractivity contribution in [3.63, 3.8) is 0 Å². The first-order valence-corrected chi connectivity index (χ1v) is 11.0. The first kappa shape index (κ1) is 28.1. The third kappa shape index (κ3) is 18.3. The molecule has 184 valence electrons. The zero-order valence-electron chi connectivity index (χ0n) is 19.3. The van der Waals surface area contributed by atoms with E-state index in [1.54, 1.807) is 14.2 Å². The lowest BCUT2D eigenvalue weighted by Crippen LogP contribution is -2.30. The molecule has 0 saturated carbocycles. The molecule has 0 radical (unpaired) electrons. The van der Waals surface area contributed by atoms with Gasteiger partial charge in [0.1, 0.15) is 0 Å². The van der Waals surface area contributed by atoms with Crippen LogP contribution in [0.25, 0.3) is 0 Å². The van der Waals surface area contributed by atoms with Crippen molar-refractivity contribution in [2.45, 2.75) is 0 Å². The fourth-order valence-corrected chi connectivity index (χ4v) is 2.54. The molecule has 0 atom stereocenters. The third-order valence-electron chi connectivity index (χ3n) is 4.25. The average molecular weight is 451 g/mol. The zero-order chi connectivity index (χ0) is 22.2. The molecule has 1 heterocycles. The van der Waals surface area contributed by atoms with Gasteiger partial charge in [0.05, 0.1) is 99.2 Å². The molecule has 31 heavy (non-hydrogen) atoms. The van der Waals surface area contributed by atoms with Crippen molar-refractivity contribution in [1.82, 2.24) is 9.80 Å². The van der Waals surface area contributed by atoms with Gasteiger partial charge in [-0.1, -0.05) is 0 Å². The molecule has 1 aliphatic heterocycles. The summed E-state index contributed by atoms with van der Waals surface area (Å²) in [7, 11) is 3.31. The van der Waals surface area contributed by atoms with Crippen LogP contribution in [0.15, 0.2) is 12.4 Å². The SMILES string of the molecule is COCCOCCOCCOCCN1C=CN(CCOCCOCCOCCOC)C1. The molecule has 0 unspecified atom stereocenters. The molecule has 0 fully saturated rings. The highest BCUT2D eigenvalue weighted by molar-refractivity contribution is 4.90. The Hall–Kier alpha value is -0.980. The summed E-state index contributed by atoms with van der Waals surface area (Å²) in [5, 5.41) is 0. The Bertz CT molecular complexity index is 370. The van der Waals surface area contributed by atoms with Crippen LogP contribution in [-0.4, -0.2) is 136 Å². The van der Waals surface area contributed by atoms with Crippen LogP contribution in [0, 0.1) is 0 Å². The first-order chi connectivity index (χ1) is 15.4. The summed E-state index contributed by atoms with van der Waals surface area (Å²) in [4.78, 5) is 4.44. The van der Waals surface area contributed by atoms with Crippen molar-refractivity contribution in [3.8, 4) is 0 Å². The predicted octanol–water partition coefficient (Wildman–Crippen LogP) is 0.425. The van der Waals surface area contributed by atoms with Crippen LogP contribution in [0.3, 0.4) is 0 Å². The van der Waals surface area contributed by atoms with E-state index in [-0.39, 0.29) is 0 Å². The van der Waals surface area contributed by atoms with E-state index in [4.69, 9.17) is 37.9 Å². The van der Waals surface area contributed by atoms with Gasteiger partial charge in [-0.3, -0.25) is 0 Å². The summed E-state index contributed by atoms with van der Waals surface area (Å²) < 4.78 is 42.6. The second-order valence-corrected chi connectivity index (χ2v) is 6.72. The van der Waals surface area contributed by atoms with Crippen LogP contribution in [-0.2, 0) is 37.9 Å². The van der Waals surface area contributed by atoms with Gasteiger partial charge >= 0.3 is 0 Å². The molecule has 10 nitrogen and oxygen atoms in total. The van der Waals surface area contributed by atoms with Crippen LogP contribution >= 0.6 is 0 Å². The first-order valence-electron chi connectivity index (χ1n) is 11.0. The maximum absolute atomic E-state index is 5.61. The third-order valence-corrected chi connectivity index (χ3v) is 4.25. The monoisotopic (exact) mass is 450 g/mol. The smallest absolute Gasteiger partial charge is 0.0895 e.